The summed E-state index contributed by atoms with van der Waals surface area (Å²) in [5, 5.41) is 3.45. The van der Waals surface area contributed by atoms with E-state index in [1.807, 2.05) is 30.5 Å². The molecule has 0 aliphatic rings. The Morgan fingerprint density at radius 3 is 1.88 bits per heavy atom. The molecule has 0 unspecified atom stereocenters. The maximum atomic E-state index is 7.09. The topological polar surface area (TPSA) is 35.3 Å². The molecule has 170 valence electrons. The minimum atomic E-state index is -2.66. The predicted octanol–water partition coefficient (Wildman–Crippen LogP) is 6.57. The number of benzene rings is 3. The van der Waals surface area contributed by atoms with Crippen molar-refractivity contribution >= 4 is 29.7 Å². The Morgan fingerprint density at radius 1 is 0.765 bits per heavy atom. The van der Waals surface area contributed by atoms with Gasteiger partial charge in [0.15, 0.2) is 5.58 Å². The van der Waals surface area contributed by atoms with Gasteiger partial charge in [0, 0.05) is 17.1 Å². The zero-order chi connectivity index (χ0) is 23.6. The van der Waals surface area contributed by atoms with Crippen LogP contribution in [0.1, 0.15) is 26.5 Å². The second-order valence-corrected chi connectivity index (χ2v) is 13.9. The molecule has 2 aromatic heterocycles. The number of pyridine rings is 1. The third-order valence-electron chi connectivity index (χ3n) is 6.41. The highest BCUT2D eigenvalue weighted by Gasteiger charge is 2.50. The first-order valence-electron chi connectivity index (χ1n) is 11.7. The molecule has 0 saturated heterocycles. The molecular formula is C30H29NO2Si. The number of hydrogen-bond acceptors (Lipinski definition) is 3. The van der Waals surface area contributed by atoms with Crippen LogP contribution in [0.5, 0.6) is 0 Å². The number of furan rings is 1. The van der Waals surface area contributed by atoms with Crippen molar-refractivity contribution in [2.24, 2.45) is 0 Å². The van der Waals surface area contributed by atoms with Gasteiger partial charge in [0.2, 0.25) is 0 Å². The van der Waals surface area contributed by atoms with Gasteiger partial charge in [0.05, 0.1) is 6.61 Å². The first kappa shape index (κ1) is 22.3. The van der Waals surface area contributed by atoms with Gasteiger partial charge < -0.3 is 8.84 Å². The van der Waals surface area contributed by atoms with Crippen molar-refractivity contribution in [2.75, 3.05) is 0 Å². The molecule has 4 heteroatoms. The molecule has 0 aliphatic carbocycles. The lowest BCUT2D eigenvalue weighted by molar-refractivity contribution is 0.281. The van der Waals surface area contributed by atoms with Crippen molar-refractivity contribution < 1.29 is 8.84 Å². The first-order valence-corrected chi connectivity index (χ1v) is 13.6. The van der Waals surface area contributed by atoms with Gasteiger partial charge in [0.25, 0.3) is 8.32 Å². The molecule has 3 aromatic carbocycles. The quantitative estimate of drug-likeness (QED) is 0.267. The van der Waals surface area contributed by atoms with Gasteiger partial charge in [-0.25, -0.2) is 0 Å². The summed E-state index contributed by atoms with van der Waals surface area (Å²) in [7, 11) is -2.66. The fourth-order valence-electron chi connectivity index (χ4n) is 4.81. The molecule has 0 saturated carbocycles. The highest BCUT2D eigenvalue weighted by atomic mass is 28.4. The van der Waals surface area contributed by atoms with Gasteiger partial charge in [0.1, 0.15) is 11.5 Å². The Labute approximate surface area is 202 Å². The molecule has 0 radical (unpaired) electrons. The largest absolute Gasteiger partial charge is 0.454 e. The maximum Gasteiger partial charge on any atom is 0.261 e. The van der Waals surface area contributed by atoms with Gasteiger partial charge in [-0.2, -0.15) is 0 Å². The van der Waals surface area contributed by atoms with Gasteiger partial charge >= 0.3 is 0 Å². The van der Waals surface area contributed by atoms with Gasteiger partial charge in [-0.3, -0.25) is 4.98 Å². The average Bonchev–Trinajstić information content (AvgIpc) is 3.31. The Hall–Kier alpha value is -3.47. The van der Waals surface area contributed by atoms with Crippen LogP contribution < -0.4 is 10.4 Å². The van der Waals surface area contributed by atoms with E-state index in [2.05, 4.69) is 105 Å². The summed E-state index contributed by atoms with van der Waals surface area (Å²) < 4.78 is 13.4. The van der Waals surface area contributed by atoms with E-state index in [1.165, 1.54) is 10.4 Å². The summed E-state index contributed by atoms with van der Waals surface area (Å²) in [6.07, 6.45) is 1.84. The van der Waals surface area contributed by atoms with Crippen LogP contribution in [0, 0.1) is 0 Å². The van der Waals surface area contributed by atoms with E-state index in [0.717, 1.165) is 28.0 Å². The average molecular weight is 464 g/mol. The second kappa shape index (κ2) is 9.05. The van der Waals surface area contributed by atoms with Crippen molar-refractivity contribution in [3.8, 4) is 11.3 Å². The lowest BCUT2D eigenvalue weighted by Gasteiger charge is -2.43. The smallest absolute Gasteiger partial charge is 0.261 e. The van der Waals surface area contributed by atoms with Crippen molar-refractivity contribution in [3.63, 3.8) is 0 Å². The molecule has 0 atom stereocenters. The first-order chi connectivity index (χ1) is 16.5. The van der Waals surface area contributed by atoms with Gasteiger partial charge in [-0.15, -0.1) is 0 Å². The highest BCUT2D eigenvalue weighted by Crippen LogP contribution is 2.38. The summed E-state index contributed by atoms with van der Waals surface area (Å²) in [6, 6.07) is 35.6. The summed E-state index contributed by atoms with van der Waals surface area (Å²) >= 11 is 0. The zero-order valence-corrected chi connectivity index (χ0v) is 20.9. The maximum absolute atomic E-state index is 7.09. The molecule has 5 aromatic rings. The molecule has 0 spiro atoms. The summed E-state index contributed by atoms with van der Waals surface area (Å²) in [4.78, 5) is 4.69. The van der Waals surface area contributed by atoms with E-state index in [1.54, 1.807) is 0 Å². The lowest BCUT2D eigenvalue weighted by Crippen LogP contribution is -2.66. The van der Waals surface area contributed by atoms with E-state index in [-0.39, 0.29) is 5.04 Å². The third kappa shape index (κ3) is 4.00. The van der Waals surface area contributed by atoms with Crippen LogP contribution in [0.3, 0.4) is 0 Å². The van der Waals surface area contributed by atoms with Crippen LogP contribution in [-0.2, 0) is 11.0 Å². The predicted molar refractivity (Wildman–Crippen MR) is 142 cm³/mol. The summed E-state index contributed by atoms with van der Waals surface area (Å²) in [5.74, 6) is 0.843. The van der Waals surface area contributed by atoms with Gasteiger partial charge in [-0.05, 0) is 27.5 Å². The Morgan fingerprint density at radius 2 is 1.32 bits per heavy atom. The number of nitrogens with zero attached hydrogens (tertiary/aromatic N) is 1. The SMILES string of the molecule is CC(C)(C)[Si](OCc1nccc2cc(-c3ccccc3)oc12)(c1ccccc1)c1ccccc1. The molecule has 0 amide bonds. The fraction of sp³-hybridized carbons (Fsp3) is 0.167. The fourth-order valence-corrected chi connectivity index (χ4v) is 9.31. The highest BCUT2D eigenvalue weighted by molar-refractivity contribution is 6.99. The molecule has 5 rings (SSSR count). The second-order valence-electron chi connectivity index (χ2n) is 9.60. The van der Waals surface area contributed by atoms with Crippen molar-refractivity contribution in [1.82, 2.24) is 4.98 Å². The summed E-state index contributed by atoms with van der Waals surface area (Å²) in [5.41, 5.74) is 2.67. The number of hydrogen-bond donors (Lipinski definition) is 0. The molecule has 2 heterocycles. The Balaban J connectivity index is 1.59. The van der Waals surface area contributed by atoms with Crippen LogP contribution >= 0.6 is 0 Å². The van der Waals surface area contributed by atoms with Crippen LogP contribution in [0.4, 0.5) is 0 Å². The zero-order valence-electron chi connectivity index (χ0n) is 19.9. The molecule has 0 bridgehead atoms. The number of fused-ring (bicyclic) bond motifs is 1. The number of aromatic nitrogens is 1. The van der Waals surface area contributed by atoms with Crippen LogP contribution in [-0.4, -0.2) is 13.3 Å². The van der Waals surface area contributed by atoms with Crippen molar-refractivity contribution in [2.45, 2.75) is 32.4 Å². The standard InChI is InChI=1S/C30H29NO2Si/c1-30(2,3)34(25-15-9-5-10-16-25,26-17-11-6-12-18-26)32-22-27-29-24(19-20-31-27)21-28(33-29)23-13-7-4-8-14-23/h4-21H,22H2,1-3H3. The minimum absolute atomic E-state index is 0.0953. The Bertz CT molecular complexity index is 1330. The van der Waals surface area contributed by atoms with E-state index in [0.29, 0.717) is 6.61 Å². The number of rotatable bonds is 6. The van der Waals surface area contributed by atoms with Crippen molar-refractivity contribution in [1.29, 1.82) is 0 Å². The lowest BCUT2D eigenvalue weighted by atomic mass is 10.1. The monoisotopic (exact) mass is 463 g/mol. The van der Waals surface area contributed by atoms with Crippen LogP contribution in [0.15, 0.2) is 114 Å². The molecule has 0 N–H and O–H groups in total. The Kier molecular flexibility index (Phi) is 5.94. The molecule has 0 fully saturated rings. The molecular weight excluding hydrogens is 434 g/mol. The summed E-state index contributed by atoms with van der Waals surface area (Å²) in [6.45, 7) is 7.24. The third-order valence-corrected chi connectivity index (χ3v) is 11.4. The van der Waals surface area contributed by atoms with E-state index < -0.39 is 8.32 Å². The molecule has 0 aliphatic heterocycles. The normalized spacial score (nSPS) is 12.2. The molecule has 3 nitrogen and oxygen atoms in total. The van der Waals surface area contributed by atoms with Gasteiger partial charge in [-0.1, -0.05) is 112 Å². The minimum Gasteiger partial charge on any atom is -0.454 e. The van der Waals surface area contributed by atoms with Crippen molar-refractivity contribution in [3.05, 3.63) is 115 Å². The van der Waals surface area contributed by atoms with Crippen LogP contribution in [0.25, 0.3) is 22.3 Å². The van der Waals surface area contributed by atoms with E-state index in [9.17, 15) is 0 Å². The van der Waals surface area contributed by atoms with E-state index in [4.69, 9.17) is 8.84 Å². The molecule has 34 heavy (non-hydrogen) atoms. The van der Waals surface area contributed by atoms with E-state index >= 15 is 0 Å². The van der Waals surface area contributed by atoms with Crippen LogP contribution in [0.2, 0.25) is 5.04 Å².